The number of carbonyl (C=O) groups is 2. The van der Waals surface area contributed by atoms with Crippen LogP contribution in [0.15, 0.2) is 24.3 Å². The van der Waals surface area contributed by atoms with E-state index < -0.39 is 0 Å². The van der Waals surface area contributed by atoms with Gasteiger partial charge < -0.3 is 10.6 Å². The quantitative estimate of drug-likeness (QED) is 0.897. The van der Waals surface area contributed by atoms with Crippen LogP contribution < -0.4 is 10.6 Å². The molecule has 1 aromatic carbocycles. The Labute approximate surface area is 135 Å². The molecule has 1 aliphatic carbocycles. The number of amides is 2. The maximum atomic E-state index is 12.6. The lowest BCUT2D eigenvalue weighted by atomic mass is 9.81. The van der Waals surface area contributed by atoms with Crippen LogP contribution >= 0.6 is 11.6 Å². The van der Waals surface area contributed by atoms with Gasteiger partial charge in [-0.3, -0.25) is 9.59 Å². The fourth-order valence-corrected chi connectivity index (χ4v) is 3.87. The molecule has 0 spiro atoms. The molecule has 2 atom stereocenters. The van der Waals surface area contributed by atoms with Gasteiger partial charge in [0, 0.05) is 23.2 Å². The largest absolute Gasteiger partial charge is 0.352 e. The molecule has 2 amide bonds. The van der Waals surface area contributed by atoms with Gasteiger partial charge in [0.1, 0.15) is 0 Å². The van der Waals surface area contributed by atoms with Crippen molar-refractivity contribution >= 4 is 29.1 Å². The van der Waals surface area contributed by atoms with E-state index in [-0.39, 0.29) is 23.8 Å². The first-order chi connectivity index (χ1) is 10.6. The van der Waals surface area contributed by atoms with Crippen molar-refractivity contribution in [1.29, 1.82) is 0 Å². The number of rotatable bonds is 3. The van der Waals surface area contributed by atoms with Crippen LogP contribution in [-0.2, 0) is 9.59 Å². The first-order valence-electron chi connectivity index (χ1n) is 7.99. The highest BCUT2D eigenvalue weighted by molar-refractivity contribution is 6.30. The highest BCUT2D eigenvalue weighted by Gasteiger charge is 2.39. The van der Waals surface area contributed by atoms with Crippen molar-refractivity contribution in [2.75, 3.05) is 5.32 Å². The third-order valence-corrected chi connectivity index (χ3v) is 5.02. The highest BCUT2D eigenvalue weighted by atomic mass is 35.5. The van der Waals surface area contributed by atoms with E-state index in [1.54, 1.807) is 12.1 Å². The van der Waals surface area contributed by atoms with Gasteiger partial charge in [-0.25, -0.2) is 0 Å². The summed E-state index contributed by atoms with van der Waals surface area (Å²) in [5.41, 5.74) is 0.708. The molecule has 1 aliphatic heterocycles. The summed E-state index contributed by atoms with van der Waals surface area (Å²) in [5.74, 6) is 0.335. The number of hydrogen-bond acceptors (Lipinski definition) is 2. The third kappa shape index (κ3) is 3.43. The first-order valence-corrected chi connectivity index (χ1v) is 8.37. The second-order valence-electron chi connectivity index (χ2n) is 6.28. The number of nitrogens with one attached hydrogen (secondary N) is 2. The monoisotopic (exact) mass is 320 g/mol. The van der Waals surface area contributed by atoms with Gasteiger partial charge in [-0.05, 0) is 43.4 Å². The fourth-order valence-electron chi connectivity index (χ4n) is 3.68. The minimum atomic E-state index is -0.153. The summed E-state index contributed by atoms with van der Waals surface area (Å²) in [7, 11) is 0. The minimum absolute atomic E-state index is 0.0147. The Morgan fingerprint density at radius 3 is 2.73 bits per heavy atom. The molecule has 3 rings (SSSR count). The van der Waals surface area contributed by atoms with Gasteiger partial charge in [-0.2, -0.15) is 0 Å². The summed E-state index contributed by atoms with van der Waals surface area (Å²) in [6.45, 7) is 0. The molecule has 1 heterocycles. The second-order valence-corrected chi connectivity index (χ2v) is 6.72. The molecule has 2 fully saturated rings. The van der Waals surface area contributed by atoms with Crippen LogP contribution in [0.2, 0.25) is 5.02 Å². The molecular formula is C17H21ClN2O2. The molecule has 0 bridgehead atoms. The lowest BCUT2D eigenvalue weighted by Gasteiger charge is -2.35. The number of carbonyl (C=O) groups excluding carboxylic acids is 2. The van der Waals surface area contributed by atoms with Crippen LogP contribution in [0.5, 0.6) is 0 Å². The Morgan fingerprint density at radius 1 is 1.23 bits per heavy atom. The van der Waals surface area contributed by atoms with E-state index in [9.17, 15) is 9.59 Å². The van der Waals surface area contributed by atoms with Crippen molar-refractivity contribution in [2.45, 2.75) is 44.6 Å². The van der Waals surface area contributed by atoms with Crippen molar-refractivity contribution in [2.24, 2.45) is 11.8 Å². The van der Waals surface area contributed by atoms with Gasteiger partial charge in [0.25, 0.3) is 0 Å². The van der Waals surface area contributed by atoms with Crippen molar-refractivity contribution < 1.29 is 9.59 Å². The molecule has 4 nitrogen and oxygen atoms in total. The predicted octanol–water partition coefficient (Wildman–Crippen LogP) is 3.36. The number of halogens is 1. The van der Waals surface area contributed by atoms with Gasteiger partial charge in [0.2, 0.25) is 11.8 Å². The Morgan fingerprint density at radius 2 is 2.00 bits per heavy atom. The summed E-state index contributed by atoms with van der Waals surface area (Å²) in [6.07, 6.45) is 5.65. The van der Waals surface area contributed by atoms with E-state index >= 15 is 0 Å². The predicted molar refractivity (Wildman–Crippen MR) is 86.7 cm³/mol. The molecule has 118 valence electrons. The molecule has 0 radical (unpaired) electrons. The van der Waals surface area contributed by atoms with E-state index in [0.29, 0.717) is 29.5 Å². The summed E-state index contributed by atoms with van der Waals surface area (Å²) < 4.78 is 0. The topological polar surface area (TPSA) is 58.2 Å². The van der Waals surface area contributed by atoms with Crippen molar-refractivity contribution in [3.63, 3.8) is 0 Å². The van der Waals surface area contributed by atoms with Gasteiger partial charge in [0.15, 0.2) is 0 Å². The van der Waals surface area contributed by atoms with E-state index in [1.807, 2.05) is 12.1 Å². The summed E-state index contributed by atoms with van der Waals surface area (Å²) >= 11 is 5.96. The average molecular weight is 321 g/mol. The molecule has 0 aromatic heterocycles. The fraction of sp³-hybridized carbons (Fsp3) is 0.529. The second kappa shape index (κ2) is 6.69. The van der Waals surface area contributed by atoms with Crippen LogP contribution in [0, 0.1) is 11.8 Å². The van der Waals surface area contributed by atoms with Crippen LogP contribution in [0.25, 0.3) is 0 Å². The Balaban J connectivity index is 1.72. The van der Waals surface area contributed by atoms with Crippen molar-refractivity contribution in [3.8, 4) is 0 Å². The van der Waals surface area contributed by atoms with Crippen LogP contribution in [0.3, 0.4) is 0 Å². The maximum Gasteiger partial charge on any atom is 0.229 e. The zero-order valence-corrected chi connectivity index (χ0v) is 13.2. The summed E-state index contributed by atoms with van der Waals surface area (Å²) in [5, 5.41) is 6.61. The number of anilines is 1. The van der Waals surface area contributed by atoms with E-state index in [0.717, 1.165) is 12.8 Å². The smallest absolute Gasteiger partial charge is 0.229 e. The van der Waals surface area contributed by atoms with Crippen LogP contribution in [0.4, 0.5) is 5.69 Å². The molecule has 1 aromatic rings. The van der Waals surface area contributed by atoms with E-state index in [1.165, 1.54) is 12.8 Å². The normalized spacial score (nSPS) is 25.8. The lowest BCUT2D eigenvalue weighted by molar-refractivity contribution is -0.129. The van der Waals surface area contributed by atoms with Crippen molar-refractivity contribution in [3.05, 3.63) is 29.3 Å². The summed E-state index contributed by atoms with van der Waals surface area (Å²) in [6, 6.07) is 7.14. The standard InChI is InChI=1S/C17H21ClN2O2/c18-12-6-3-7-13(10-12)19-17(22)14-8-9-15(21)20-16(14)11-4-1-2-5-11/h3,6-7,10-11,14,16H,1-2,4-5,8-9H2,(H,19,22)(H,20,21)/t14?,16-/m1/s1. The molecule has 5 heteroatoms. The number of piperidine rings is 1. The van der Waals surface area contributed by atoms with Gasteiger partial charge >= 0.3 is 0 Å². The maximum absolute atomic E-state index is 12.6. The minimum Gasteiger partial charge on any atom is -0.352 e. The van der Waals surface area contributed by atoms with E-state index in [4.69, 9.17) is 11.6 Å². The summed E-state index contributed by atoms with van der Waals surface area (Å²) in [4.78, 5) is 24.4. The SMILES string of the molecule is O=C1CCC(C(=O)Nc2cccc(Cl)c2)[C@@H](C2CCCC2)N1. The Hall–Kier alpha value is -1.55. The molecule has 1 unspecified atom stereocenters. The molecule has 22 heavy (non-hydrogen) atoms. The Bertz CT molecular complexity index is 570. The molecule has 2 N–H and O–H groups in total. The van der Waals surface area contributed by atoms with Gasteiger partial charge in [-0.15, -0.1) is 0 Å². The first kappa shape index (κ1) is 15.3. The Kier molecular flexibility index (Phi) is 4.67. The molecule has 1 saturated carbocycles. The number of hydrogen-bond donors (Lipinski definition) is 2. The highest BCUT2D eigenvalue weighted by Crippen LogP contribution is 2.34. The van der Waals surface area contributed by atoms with Crippen LogP contribution in [0.1, 0.15) is 38.5 Å². The van der Waals surface area contributed by atoms with Gasteiger partial charge in [-0.1, -0.05) is 30.5 Å². The van der Waals surface area contributed by atoms with Gasteiger partial charge in [0.05, 0.1) is 5.92 Å². The zero-order valence-electron chi connectivity index (χ0n) is 12.5. The molecule has 1 saturated heterocycles. The molecular weight excluding hydrogens is 300 g/mol. The average Bonchev–Trinajstić information content (AvgIpc) is 3.01. The third-order valence-electron chi connectivity index (χ3n) is 4.78. The lowest BCUT2D eigenvalue weighted by Crippen LogP contribution is -2.52. The zero-order chi connectivity index (χ0) is 15.5. The number of benzene rings is 1. The van der Waals surface area contributed by atoms with Crippen molar-refractivity contribution in [1.82, 2.24) is 5.32 Å². The van der Waals surface area contributed by atoms with E-state index in [2.05, 4.69) is 10.6 Å². The van der Waals surface area contributed by atoms with Crippen LogP contribution in [-0.4, -0.2) is 17.9 Å². The molecule has 2 aliphatic rings.